The van der Waals surface area contributed by atoms with E-state index in [0.717, 1.165) is 0 Å². The summed E-state index contributed by atoms with van der Waals surface area (Å²) in [6.45, 7) is 3.28. The van der Waals surface area contributed by atoms with E-state index < -0.39 is 12.2 Å². The van der Waals surface area contributed by atoms with E-state index in [9.17, 15) is 0 Å². The van der Waals surface area contributed by atoms with Crippen molar-refractivity contribution in [2.75, 3.05) is 0 Å². The predicted octanol–water partition coefficient (Wildman–Crippen LogP) is 0.304. The molecule has 48 valence electrons. The number of aliphatic hydroxyl groups is 2. The van der Waals surface area contributed by atoms with E-state index >= 15 is 0 Å². The zero-order valence-corrected chi connectivity index (χ0v) is 5.20. The summed E-state index contributed by atoms with van der Waals surface area (Å²) in [6.07, 6.45) is 2.18. The van der Waals surface area contributed by atoms with Crippen molar-refractivity contribution in [1.29, 1.82) is 0 Å². The van der Waals surface area contributed by atoms with Crippen LogP contribution in [-0.4, -0.2) is 22.4 Å². The minimum atomic E-state index is -0.454. The molecule has 2 N–H and O–H groups in total. The lowest BCUT2D eigenvalue weighted by Gasteiger charge is -1.94. The molecule has 0 unspecified atom stereocenters. The summed E-state index contributed by atoms with van der Waals surface area (Å²) in [4.78, 5) is 0. The molecule has 0 aliphatic carbocycles. The highest BCUT2D eigenvalue weighted by atomic mass is 16.3. The van der Waals surface area contributed by atoms with Crippen LogP contribution in [0.4, 0.5) is 0 Å². The molecule has 0 saturated heterocycles. The van der Waals surface area contributed by atoms with Crippen LogP contribution < -0.4 is 0 Å². The number of hydrogen-bond acceptors (Lipinski definition) is 2. The van der Waals surface area contributed by atoms with Crippen molar-refractivity contribution in [3.8, 4) is 0 Å². The first kappa shape index (κ1) is 7.66. The molecule has 0 aliphatic rings. The zero-order valence-electron chi connectivity index (χ0n) is 5.20. The molecule has 0 radical (unpaired) electrons. The van der Waals surface area contributed by atoms with Gasteiger partial charge in [-0.2, -0.15) is 0 Å². The molecule has 2 atom stereocenters. The Hall–Kier alpha value is -0.340. The van der Waals surface area contributed by atoms with E-state index in [-0.39, 0.29) is 0 Å². The third kappa shape index (κ3) is 5.66. The Kier molecular flexibility index (Phi) is 3.48. The highest BCUT2D eigenvalue weighted by Gasteiger charge is 1.87. The summed E-state index contributed by atoms with van der Waals surface area (Å²) in [6, 6.07) is 0. The lowest BCUT2D eigenvalue weighted by atomic mass is 10.3. The quantitative estimate of drug-likeness (QED) is 0.509. The van der Waals surface area contributed by atoms with Crippen LogP contribution in [0.3, 0.4) is 0 Å². The average Bonchev–Trinajstić information content (AvgIpc) is 1.61. The van der Waals surface area contributed by atoms with E-state index in [1.807, 2.05) is 0 Å². The van der Waals surface area contributed by atoms with Crippen LogP contribution in [-0.2, 0) is 0 Å². The monoisotopic (exact) mass is 116 g/mol. The van der Waals surface area contributed by atoms with Gasteiger partial charge in [-0.15, -0.1) is 0 Å². The van der Waals surface area contributed by atoms with Crippen molar-refractivity contribution in [1.82, 2.24) is 0 Å². The summed E-state index contributed by atoms with van der Waals surface area (Å²) in [5.41, 5.74) is 0. The van der Waals surface area contributed by atoms with E-state index in [1.54, 1.807) is 26.0 Å². The maximum absolute atomic E-state index is 8.60. The van der Waals surface area contributed by atoms with Gasteiger partial charge in [0.05, 0.1) is 12.2 Å². The van der Waals surface area contributed by atoms with Crippen molar-refractivity contribution in [2.45, 2.75) is 26.1 Å². The maximum Gasteiger partial charge on any atom is 0.0693 e. The summed E-state index contributed by atoms with van der Waals surface area (Å²) in [5.74, 6) is 0. The fourth-order valence-electron chi connectivity index (χ4n) is 0.322. The van der Waals surface area contributed by atoms with Gasteiger partial charge in [0, 0.05) is 0 Å². The number of aliphatic hydroxyl groups excluding tert-OH is 2. The smallest absolute Gasteiger partial charge is 0.0693 e. The number of rotatable bonds is 2. The van der Waals surface area contributed by atoms with Crippen LogP contribution in [0.15, 0.2) is 12.2 Å². The van der Waals surface area contributed by atoms with Gasteiger partial charge in [0.2, 0.25) is 0 Å². The van der Waals surface area contributed by atoms with Gasteiger partial charge in [-0.1, -0.05) is 12.2 Å². The maximum atomic E-state index is 8.60. The Morgan fingerprint density at radius 3 is 1.38 bits per heavy atom. The largest absolute Gasteiger partial charge is 0.389 e. The summed E-state index contributed by atoms with van der Waals surface area (Å²) in [7, 11) is 0. The molecule has 0 aromatic carbocycles. The Labute approximate surface area is 49.5 Å². The second-order valence-electron chi connectivity index (χ2n) is 1.87. The van der Waals surface area contributed by atoms with Gasteiger partial charge >= 0.3 is 0 Å². The molecule has 0 aromatic heterocycles. The molecule has 0 amide bonds. The Balaban J connectivity index is 3.34. The van der Waals surface area contributed by atoms with Crippen LogP contribution in [0.2, 0.25) is 0 Å². The molecule has 0 heterocycles. The molecule has 8 heavy (non-hydrogen) atoms. The van der Waals surface area contributed by atoms with Crippen LogP contribution in [0, 0.1) is 0 Å². The van der Waals surface area contributed by atoms with E-state index in [4.69, 9.17) is 10.2 Å². The number of hydrogen-bond donors (Lipinski definition) is 2. The molecular formula is C6H12O2. The first-order valence-electron chi connectivity index (χ1n) is 2.67. The second-order valence-corrected chi connectivity index (χ2v) is 1.87. The van der Waals surface area contributed by atoms with E-state index in [1.165, 1.54) is 0 Å². The van der Waals surface area contributed by atoms with Crippen molar-refractivity contribution in [3.05, 3.63) is 12.2 Å². The second kappa shape index (κ2) is 3.64. The zero-order chi connectivity index (χ0) is 6.57. The summed E-state index contributed by atoms with van der Waals surface area (Å²) >= 11 is 0. The molecule has 2 nitrogen and oxygen atoms in total. The molecule has 0 rings (SSSR count). The Bertz CT molecular complexity index is 64.6. The van der Waals surface area contributed by atoms with Crippen molar-refractivity contribution in [2.24, 2.45) is 0 Å². The van der Waals surface area contributed by atoms with Crippen LogP contribution >= 0.6 is 0 Å². The van der Waals surface area contributed by atoms with Gasteiger partial charge in [-0.3, -0.25) is 0 Å². The molecule has 0 aliphatic heterocycles. The standard InChI is InChI=1S/C6H12O2/c1-5(7)3-4-6(2)8/h3-8H,1-2H3/b4-3+/t5-,6+. The van der Waals surface area contributed by atoms with Crippen molar-refractivity contribution >= 4 is 0 Å². The van der Waals surface area contributed by atoms with Gasteiger partial charge in [0.15, 0.2) is 0 Å². The van der Waals surface area contributed by atoms with Gasteiger partial charge in [-0.05, 0) is 13.8 Å². The third-order valence-corrected chi connectivity index (χ3v) is 0.668. The average molecular weight is 116 g/mol. The van der Waals surface area contributed by atoms with Crippen LogP contribution in [0.25, 0.3) is 0 Å². The highest BCUT2D eigenvalue weighted by Crippen LogP contribution is 1.86. The van der Waals surface area contributed by atoms with Gasteiger partial charge in [0.25, 0.3) is 0 Å². The normalized spacial score (nSPS) is 19.0. The first-order chi connectivity index (χ1) is 3.63. The third-order valence-electron chi connectivity index (χ3n) is 0.668. The molecule has 0 spiro atoms. The van der Waals surface area contributed by atoms with E-state index in [0.29, 0.717) is 0 Å². The van der Waals surface area contributed by atoms with E-state index in [2.05, 4.69) is 0 Å². The Morgan fingerprint density at radius 2 is 1.25 bits per heavy atom. The van der Waals surface area contributed by atoms with Gasteiger partial charge < -0.3 is 10.2 Å². The lowest BCUT2D eigenvalue weighted by molar-refractivity contribution is 0.228. The molecule has 0 bridgehead atoms. The highest BCUT2D eigenvalue weighted by molar-refractivity contribution is 4.89. The molecular weight excluding hydrogens is 104 g/mol. The summed E-state index contributed by atoms with van der Waals surface area (Å²) < 4.78 is 0. The molecule has 0 aromatic rings. The Morgan fingerprint density at radius 1 is 1.00 bits per heavy atom. The minimum Gasteiger partial charge on any atom is -0.389 e. The molecule has 2 heteroatoms. The fraction of sp³-hybridized carbons (Fsp3) is 0.667. The van der Waals surface area contributed by atoms with Crippen LogP contribution in [0.1, 0.15) is 13.8 Å². The topological polar surface area (TPSA) is 40.5 Å². The SMILES string of the molecule is C[C@H](O)/C=C/[C@@H](C)O. The minimum absolute atomic E-state index is 0.454. The first-order valence-corrected chi connectivity index (χ1v) is 2.67. The van der Waals surface area contributed by atoms with Crippen molar-refractivity contribution < 1.29 is 10.2 Å². The summed E-state index contributed by atoms with van der Waals surface area (Å²) in [5, 5.41) is 17.2. The van der Waals surface area contributed by atoms with Gasteiger partial charge in [-0.25, -0.2) is 0 Å². The van der Waals surface area contributed by atoms with Crippen molar-refractivity contribution in [3.63, 3.8) is 0 Å². The lowest BCUT2D eigenvalue weighted by Crippen LogP contribution is -1.97. The predicted molar refractivity (Wildman–Crippen MR) is 32.5 cm³/mol. The molecule has 0 fully saturated rings. The van der Waals surface area contributed by atoms with Crippen LogP contribution in [0.5, 0.6) is 0 Å². The molecule has 0 saturated carbocycles. The fourth-order valence-corrected chi connectivity index (χ4v) is 0.322. The van der Waals surface area contributed by atoms with Gasteiger partial charge in [0.1, 0.15) is 0 Å².